The van der Waals surface area contributed by atoms with E-state index in [0.29, 0.717) is 12.1 Å². The fourth-order valence-corrected chi connectivity index (χ4v) is 10.1. The zero-order valence-electron chi connectivity index (χ0n) is 50.2. The number of allylic oxidation sites excluding steroid dienone is 17. The average Bonchev–Trinajstić information content (AvgIpc) is 3.39. The maximum absolute atomic E-state index is 5.72. The van der Waals surface area contributed by atoms with E-state index >= 15 is 0 Å². The predicted molar refractivity (Wildman–Crippen MR) is 326 cm³/mol. The number of methoxy groups -OCH3 is 4. The summed E-state index contributed by atoms with van der Waals surface area (Å²) in [5, 5.41) is 3.96. The number of hydrogen-bond donors (Lipinski definition) is 1. The quantitative estimate of drug-likeness (QED) is 0.0687. The van der Waals surface area contributed by atoms with Crippen LogP contribution >= 0.6 is 0 Å². The van der Waals surface area contributed by atoms with Crippen LogP contribution in [0.2, 0.25) is 0 Å². The Morgan fingerprint density at radius 1 is 0.427 bits per heavy atom. The second kappa shape index (κ2) is 37.9. The molecule has 2 aromatic rings. The first-order chi connectivity index (χ1) is 36.1. The number of nitrogens with one attached hydrogen (secondary N) is 1. The van der Waals surface area contributed by atoms with Crippen molar-refractivity contribution in [1.82, 2.24) is 10.2 Å². The summed E-state index contributed by atoms with van der Waals surface area (Å²) >= 11 is 0. The van der Waals surface area contributed by atoms with Crippen molar-refractivity contribution < 1.29 is 18.9 Å². The van der Waals surface area contributed by atoms with E-state index in [2.05, 4.69) is 158 Å². The summed E-state index contributed by atoms with van der Waals surface area (Å²) in [6.07, 6.45) is 45.1. The van der Waals surface area contributed by atoms with E-state index in [1.807, 2.05) is 12.1 Å². The molecule has 2 aromatic carbocycles. The van der Waals surface area contributed by atoms with Gasteiger partial charge in [0.1, 0.15) is 0 Å². The molecule has 1 N–H and O–H groups in total. The minimum atomic E-state index is 0.378. The smallest absolute Gasteiger partial charge is 0.161 e. The van der Waals surface area contributed by atoms with E-state index in [-0.39, 0.29) is 0 Å². The molecule has 0 unspecified atom stereocenters. The summed E-state index contributed by atoms with van der Waals surface area (Å²) in [7, 11) is 6.80. The van der Waals surface area contributed by atoms with Gasteiger partial charge in [-0.25, -0.2) is 0 Å². The Labute approximate surface area is 460 Å². The Kier molecular flexibility index (Phi) is 32.6. The maximum atomic E-state index is 5.72. The molecule has 1 aliphatic rings. The van der Waals surface area contributed by atoms with Gasteiger partial charge in [0.2, 0.25) is 0 Å². The highest BCUT2D eigenvalue weighted by Gasteiger charge is 2.30. The van der Waals surface area contributed by atoms with Gasteiger partial charge in [-0.05, 0) is 220 Å². The van der Waals surface area contributed by atoms with Crippen LogP contribution in [-0.2, 0) is 13.1 Å². The molecule has 2 atom stereocenters. The molecule has 0 heterocycles. The van der Waals surface area contributed by atoms with Crippen molar-refractivity contribution in [2.24, 2.45) is 0 Å². The van der Waals surface area contributed by atoms with Gasteiger partial charge in [0, 0.05) is 31.7 Å². The monoisotopic (exact) mass is 1030 g/mol. The molecular weight excluding hydrogens is 921 g/mol. The number of rotatable bonds is 36. The molecule has 6 heteroatoms. The third kappa shape index (κ3) is 27.7. The molecule has 75 heavy (non-hydrogen) atoms. The lowest BCUT2D eigenvalue weighted by Crippen LogP contribution is -2.51. The van der Waals surface area contributed by atoms with Gasteiger partial charge in [-0.15, -0.1) is 0 Å². The first-order valence-corrected chi connectivity index (χ1v) is 28.9. The van der Waals surface area contributed by atoms with Gasteiger partial charge in [0.15, 0.2) is 23.0 Å². The number of ether oxygens (including phenoxy) is 4. The summed E-state index contributed by atoms with van der Waals surface area (Å²) in [6.45, 7) is 25.3. The Morgan fingerprint density at radius 2 is 0.760 bits per heavy atom. The largest absolute Gasteiger partial charge is 0.493 e. The second-order valence-corrected chi connectivity index (χ2v) is 22.1. The fraction of sp³-hybridized carbons (Fsp3) is 0.565. The molecule has 1 aliphatic carbocycles. The number of hydrogen-bond acceptors (Lipinski definition) is 6. The van der Waals surface area contributed by atoms with Crippen LogP contribution in [0.5, 0.6) is 23.0 Å². The highest BCUT2D eigenvalue weighted by Crippen LogP contribution is 2.32. The Bertz CT molecular complexity index is 2260. The van der Waals surface area contributed by atoms with Crippen molar-refractivity contribution in [2.45, 2.75) is 223 Å². The van der Waals surface area contributed by atoms with Crippen LogP contribution in [0.15, 0.2) is 141 Å². The molecular formula is C69H106N2O4. The lowest BCUT2D eigenvalue weighted by molar-refractivity contribution is 0.126. The van der Waals surface area contributed by atoms with Gasteiger partial charge < -0.3 is 24.3 Å². The van der Waals surface area contributed by atoms with Gasteiger partial charge in [-0.2, -0.15) is 0 Å². The van der Waals surface area contributed by atoms with Crippen LogP contribution in [0.3, 0.4) is 0 Å². The number of nitrogens with zero attached hydrogens (tertiary/aromatic N) is 1. The maximum Gasteiger partial charge on any atom is 0.161 e. The lowest BCUT2D eigenvalue weighted by Gasteiger charge is -2.40. The normalized spacial score (nSPS) is 16.7. The van der Waals surface area contributed by atoms with E-state index in [1.54, 1.807) is 28.4 Å². The zero-order chi connectivity index (χ0) is 54.8. The SMILES string of the molecule is COc1ccc(CN[C@@H]2CCCC[C@H]2N(C/C=C(/C)CC/C=C(/C)CC/C=C(/C)CC/C=C(/C)CC/C=C(/C)CC/C=C(/C)CC/C=C(\C)CC/C=C(\C)CCC=C(C)C)Cc2ccc(OC)c(OC)c2)cc1OC. The van der Waals surface area contributed by atoms with Crippen LogP contribution in [-0.4, -0.2) is 52.0 Å². The standard InChI is InChI=1S/C69H106N2O4/c1-53(2)25-17-26-54(3)27-18-28-55(4)29-19-30-56(5)31-20-32-57(6)33-21-34-58(7)35-22-36-59(8)37-23-38-60(9)39-24-40-61(10)47-48-71(52-63-44-46-67(73-12)69(50-63)75-14)65-42-16-15-41-64(65)70-51-62-43-45-66(72-11)68(49-62)74-13/h25,27,29,31,33,35,37,39,43-47,49-50,64-65,70H,15-24,26,28,30,32,34,36,38,40-42,48,51-52H2,1-14H3/b54-27+,55-29+,56-31-,57-33-,58-35-,59-37-,60-39-,61-47-/t64-,65-/m1/s1. The van der Waals surface area contributed by atoms with Gasteiger partial charge in [-0.3, -0.25) is 4.90 Å². The summed E-state index contributed by atoms with van der Waals surface area (Å²) < 4.78 is 22.4. The summed E-state index contributed by atoms with van der Waals surface area (Å²) in [5.74, 6) is 3.07. The molecule has 6 nitrogen and oxygen atoms in total. The molecule has 0 saturated heterocycles. The fourth-order valence-electron chi connectivity index (χ4n) is 10.1. The Hall–Kier alpha value is -4.78. The van der Waals surface area contributed by atoms with Gasteiger partial charge in [0.25, 0.3) is 0 Å². The molecule has 1 saturated carbocycles. The third-order valence-electron chi connectivity index (χ3n) is 15.0. The minimum Gasteiger partial charge on any atom is -0.493 e. The summed E-state index contributed by atoms with van der Waals surface area (Å²) in [4.78, 5) is 2.68. The van der Waals surface area contributed by atoms with Crippen LogP contribution in [0.1, 0.15) is 209 Å². The van der Waals surface area contributed by atoms with Crippen molar-refractivity contribution in [1.29, 1.82) is 0 Å². The Balaban J connectivity index is 1.41. The van der Waals surface area contributed by atoms with Gasteiger partial charge >= 0.3 is 0 Å². The first kappa shape index (κ1) is 64.5. The summed E-state index contributed by atoms with van der Waals surface area (Å²) in [6, 6.07) is 13.4. The van der Waals surface area contributed by atoms with E-state index in [9.17, 15) is 0 Å². The predicted octanol–water partition coefficient (Wildman–Crippen LogP) is 19.4. The molecule has 0 amide bonds. The molecule has 0 bridgehead atoms. The molecule has 0 radical (unpaired) electrons. The van der Waals surface area contributed by atoms with E-state index in [0.717, 1.165) is 133 Å². The van der Waals surface area contributed by atoms with Crippen LogP contribution < -0.4 is 24.3 Å². The molecule has 0 spiro atoms. The van der Waals surface area contributed by atoms with Crippen LogP contribution in [0.4, 0.5) is 0 Å². The van der Waals surface area contributed by atoms with E-state index < -0.39 is 0 Å². The van der Waals surface area contributed by atoms with Crippen LogP contribution in [0, 0.1) is 0 Å². The van der Waals surface area contributed by atoms with E-state index in [4.69, 9.17) is 18.9 Å². The molecule has 1 fully saturated rings. The topological polar surface area (TPSA) is 52.2 Å². The highest BCUT2D eigenvalue weighted by atomic mass is 16.5. The Morgan fingerprint density at radius 3 is 1.13 bits per heavy atom. The molecule has 416 valence electrons. The third-order valence-corrected chi connectivity index (χ3v) is 15.0. The van der Waals surface area contributed by atoms with Crippen molar-refractivity contribution in [3.63, 3.8) is 0 Å². The van der Waals surface area contributed by atoms with Crippen LogP contribution in [0.25, 0.3) is 0 Å². The lowest BCUT2D eigenvalue weighted by atomic mass is 9.88. The average molecular weight is 1030 g/mol. The van der Waals surface area contributed by atoms with E-state index in [1.165, 1.54) is 99.8 Å². The van der Waals surface area contributed by atoms with Gasteiger partial charge in [0.05, 0.1) is 28.4 Å². The zero-order valence-corrected chi connectivity index (χ0v) is 50.2. The van der Waals surface area contributed by atoms with Gasteiger partial charge in [-0.1, -0.05) is 130 Å². The molecule has 0 aromatic heterocycles. The highest BCUT2D eigenvalue weighted by molar-refractivity contribution is 5.44. The minimum absolute atomic E-state index is 0.378. The first-order valence-electron chi connectivity index (χ1n) is 28.9. The molecule has 3 rings (SSSR count). The van der Waals surface area contributed by atoms with Crippen molar-refractivity contribution in [3.8, 4) is 23.0 Å². The second-order valence-electron chi connectivity index (χ2n) is 22.1. The number of benzene rings is 2. The summed E-state index contributed by atoms with van der Waals surface area (Å²) in [5.41, 5.74) is 15.9. The molecule has 0 aliphatic heterocycles. The van der Waals surface area contributed by atoms with Crippen molar-refractivity contribution in [3.05, 3.63) is 152 Å². The van der Waals surface area contributed by atoms with Crippen molar-refractivity contribution in [2.75, 3.05) is 35.0 Å². The van der Waals surface area contributed by atoms with Crippen molar-refractivity contribution >= 4 is 0 Å².